The Morgan fingerprint density at radius 1 is 0.290 bits per heavy atom. The largest absolute Gasteiger partial charge is 0.456 e. The molecule has 0 amide bonds. The molecule has 0 saturated heterocycles. The second-order valence-electron chi connectivity index (χ2n) is 16.4. The van der Waals surface area contributed by atoms with Gasteiger partial charge in [-0.2, -0.15) is 0 Å². The molecule has 0 saturated carbocycles. The van der Waals surface area contributed by atoms with Crippen molar-refractivity contribution in [1.82, 2.24) is 9.97 Å². The molecular formula is C59H36N2O. The van der Waals surface area contributed by atoms with Gasteiger partial charge in [-0.25, -0.2) is 9.97 Å². The van der Waals surface area contributed by atoms with E-state index in [0.717, 1.165) is 55.6 Å². The summed E-state index contributed by atoms with van der Waals surface area (Å²) in [5, 5.41) is 2.15. The number of rotatable bonds is 4. The van der Waals surface area contributed by atoms with Gasteiger partial charge < -0.3 is 4.42 Å². The molecule has 9 aromatic carbocycles. The van der Waals surface area contributed by atoms with Crippen LogP contribution in [0.4, 0.5) is 0 Å². The van der Waals surface area contributed by atoms with E-state index >= 15 is 0 Å². The maximum absolute atomic E-state index is 6.25. The second kappa shape index (κ2) is 13.4. The van der Waals surface area contributed by atoms with Crippen LogP contribution in [0.25, 0.3) is 100 Å². The van der Waals surface area contributed by atoms with Crippen molar-refractivity contribution >= 4 is 21.9 Å². The van der Waals surface area contributed by atoms with Crippen molar-refractivity contribution in [2.45, 2.75) is 5.41 Å². The number of hydrogen-bond donors (Lipinski definition) is 0. The molecule has 0 atom stereocenters. The van der Waals surface area contributed by atoms with Crippen LogP contribution in [0, 0.1) is 0 Å². The maximum Gasteiger partial charge on any atom is 0.160 e. The molecule has 0 bridgehead atoms. The number of furan rings is 1. The Hall–Kier alpha value is -8.14. The highest BCUT2D eigenvalue weighted by atomic mass is 16.3. The van der Waals surface area contributed by atoms with Gasteiger partial charge >= 0.3 is 0 Å². The summed E-state index contributed by atoms with van der Waals surface area (Å²) in [6.07, 6.45) is 0. The highest BCUT2D eigenvalue weighted by molar-refractivity contribution is 6.06. The van der Waals surface area contributed by atoms with Gasteiger partial charge in [0.15, 0.2) is 5.82 Å². The SMILES string of the molecule is c1ccc(-c2ccc(-c3cc(-c4ccc5oc6ccccc6c5c4)nc(-c4ccc5c(c4)C4(c6ccccc6-c6ccccc6-5)c5ccccc5-c5ccccc54)n3)cc2)cc1. The van der Waals surface area contributed by atoms with Crippen molar-refractivity contribution in [2.24, 2.45) is 0 Å². The van der Waals surface area contributed by atoms with E-state index in [9.17, 15) is 0 Å². The molecule has 288 valence electrons. The van der Waals surface area contributed by atoms with Crippen molar-refractivity contribution in [1.29, 1.82) is 0 Å². The summed E-state index contributed by atoms with van der Waals surface area (Å²) in [7, 11) is 0. The zero-order valence-corrected chi connectivity index (χ0v) is 33.6. The Morgan fingerprint density at radius 3 is 1.44 bits per heavy atom. The first kappa shape index (κ1) is 34.7. The first-order chi connectivity index (χ1) is 30.7. The molecule has 0 fully saturated rings. The first-order valence-electron chi connectivity index (χ1n) is 21.2. The fourth-order valence-electron chi connectivity index (χ4n) is 10.4. The molecule has 3 nitrogen and oxygen atoms in total. The third-order valence-corrected chi connectivity index (χ3v) is 13.2. The van der Waals surface area contributed by atoms with Crippen LogP contribution in [0.3, 0.4) is 0 Å². The molecular weight excluding hydrogens is 753 g/mol. The molecule has 62 heavy (non-hydrogen) atoms. The van der Waals surface area contributed by atoms with Gasteiger partial charge in [-0.1, -0.05) is 182 Å². The van der Waals surface area contributed by atoms with Crippen molar-refractivity contribution in [3.05, 3.63) is 241 Å². The molecule has 11 aromatic rings. The Labute approximate surface area is 359 Å². The Balaban J connectivity index is 1.08. The lowest BCUT2D eigenvalue weighted by Gasteiger charge is -2.35. The number of para-hydroxylation sites is 1. The smallest absolute Gasteiger partial charge is 0.160 e. The summed E-state index contributed by atoms with van der Waals surface area (Å²) in [4.78, 5) is 10.9. The average Bonchev–Trinajstić information content (AvgIpc) is 3.84. The van der Waals surface area contributed by atoms with Crippen LogP contribution < -0.4 is 0 Å². The van der Waals surface area contributed by atoms with Gasteiger partial charge in [0.2, 0.25) is 0 Å². The zero-order valence-electron chi connectivity index (χ0n) is 33.6. The van der Waals surface area contributed by atoms with Crippen molar-refractivity contribution in [3.8, 4) is 78.4 Å². The van der Waals surface area contributed by atoms with Crippen LogP contribution >= 0.6 is 0 Å². The molecule has 0 radical (unpaired) electrons. The standard InChI is InChI=1S/C59H36N2O/c1-2-14-37(15-3-1)38-26-28-39(29-27-38)54-36-55(40-31-33-57-49(34-40)48-21-9-13-25-56(48)62-57)61-58(60-54)41-30-32-47-43-17-5-4-16-42(43)44-18-6-10-22-50(44)59(53(47)35-41)51-23-11-7-19-45(51)46-20-8-12-24-52(46)59/h1-36H. The van der Waals surface area contributed by atoms with Crippen LogP contribution in [0.2, 0.25) is 0 Å². The van der Waals surface area contributed by atoms with Crippen molar-refractivity contribution in [3.63, 3.8) is 0 Å². The lowest BCUT2D eigenvalue weighted by Crippen LogP contribution is -2.29. The molecule has 13 rings (SSSR count). The summed E-state index contributed by atoms with van der Waals surface area (Å²) >= 11 is 0. The van der Waals surface area contributed by atoms with Gasteiger partial charge in [0.05, 0.1) is 16.8 Å². The van der Waals surface area contributed by atoms with E-state index in [4.69, 9.17) is 14.4 Å². The van der Waals surface area contributed by atoms with E-state index in [1.54, 1.807) is 0 Å². The summed E-state index contributed by atoms with van der Waals surface area (Å²) in [6, 6.07) is 78.8. The van der Waals surface area contributed by atoms with E-state index in [1.165, 1.54) is 61.2 Å². The van der Waals surface area contributed by atoms with Crippen molar-refractivity contribution < 1.29 is 4.42 Å². The van der Waals surface area contributed by atoms with E-state index in [2.05, 4.69) is 206 Å². The monoisotopic (exact) mass is 788 g/mol. The number of nitrogens with zero attached hydrogens (tertiary/aromatic N) is 2. The van der Waals surface area contributed by atoms with Gasteiger partial charge in [0.1, 0.15) is 11.2 Å². The fourth-order valence-corrected chi connectivity index (χ4v) is 10.4. The van der Waals surface area contributed by atoms with Crippen LogP contribution in [-0.2, 0) is 5.41 Å². The molecule has 2 aromatic heterocycles. The number of fused-ring (bicyclic) bond motifs is 15. The molecule has 2 aliphatic rings. The van der Waals surface area contributed by atoms with Gasteiger partial charge in [-0.05, 0) is 103 Å². The van der Waals surface area contributed by atoms with Crippen LogP contribution in [0.15, 0.2) is 223 Å². The Kier molecular flexibility index (Phi) is 7.52. The summed E-state index contributed by atoms with van der Waals surface area (Å²) in [5.74, 6) is 0.671. The zero-order chi connectivity index (χ0) is 40.8. The van der Waals surface area contributed by atoms with Crippen LogP contribution in [0.5, 0.6) is 0 Å². The minimum atomic E-state index is -0.602. The lowest BCUT2D eigenvalue weighted by molar-refractivity contribution is 0.669. The summed E-state index contributed by atoms with van der Waals surface area (Å²) in [5.41, 5.74) is 20.7. The molecule has 0 N–H and O–H groups in total. The van der Waals surface area contributed by atoms with Crippen LogP contribution in [0.1, 0.15) is 22.3 Å². The van der Waals surface area contributed by atoms with Gasteiger partial charge in [-0.3, -0.25) is 0 Å². The number of benzene rings is 9. The normalized spacial score (nSPS) is 13.0. The summed E-state index contributed by atoms with van der Waals surface area (Å²) < 4.78 is 6.25. The third kappa shape index (κ3) is 5.06. The Morgan fingerprint density at radius 2 is 0.758 bits per heavy atom. The highest BCUT2D eigenvalue weighted by Gasteiger charge is 2.49. The minimum Gasteiger partial charge on any atom is -0.456 e. The third-order valence-electron chi connectivity index (χ3n) is 13.2. The Bertz CT molecular complexity index is 3540. The van der Waals surface area contributed by atoms with E-state index < -0.39 is 5.41 Å². The lowest BCUT2D eigenvalue weighted by atomic mass is 9.65. The molecule has 0 unspecified atom stereocenters. The van der Waals surface area contributed by atoms with E-state index in [0.29, 0.717) is 5.82 Å². The quantitative estimate of drug-likeness (QED) is 0.178. The van der Waals surface area contributed by atoms with Gasteiger partial charge in [0.25, 0.3) is 0 Å². The van der Waals surface area contributed by atoms with Crippen LogP contribution in [-0.4, -0.2) is 9.97 Å². The predicted octanol–water partition coefficient (Wildman–Crippen LogP) is 15.1. The fraction of sp³-hybridized carbons (Fsp3) is 0.0169. The first-order valence-corrected chi connectivity index (χ1v) is 21.2. The second-order valence-corrected chi connectivity index (χ2v) is 16.4. The maximum atomic E-state index is 6.25. The molecule has 3 heteroatoms. The molecule has 2 heterocycles. The molecule has 1 spiro atoms. The van der Waals surface area contributed by atoms with Gasteiger partial charge in [0, 0.05) is 27.5 Å². The van der Waals surface area contributed by atoms with E-state index in [1.807, 2.05) is 12.1 Å². The average molecular weight is 789 g/mol. The topological polar surface area (TPSA) is 38.9 Å². The number of hydrogen-bond acceptors (Lipinski definition) is 3. The highest BCUT2D eigenvalue weighted by Crippen LogP contribution is 2.61. The minimum absolute atomic E-state index is 0.602. The predicted molar refractivity (Wildman–Crippen MR) is 253 cm³/mol. The summed E-state index contributed by atoms with van der Waals surface area (Å²) in [6.45, 7) is 0. The number of aromatic nitrogens is 2. The van der Waals surface area contributed by atoms with Gasteiger partial charge in [-0.15, -0.1) is 0 Å². The van der Waals surface area contributed by atoms with Crippen molar-refractivity contribution in [2.75, 3.05) is 0 Å². The molecule has 2 aliphatic carbocycles. The van der Waals surface area contributed by atoms with E-state index in [-0.39, 0.29) is 0 Å². The molecule has 0 aliphatic heterocycles.